The topological polar surface area (TPSA) is 102 Å². The summed E-state index contributed by atoms with van der Waals surface area (Å²) in [5, 5.41) is 10.9. The molecule has 0 aliphatic carbocycles. The van der Waals surface area contributed by atoms with Crippen LogP contribution in [-0.2, 0) is 9.53 Å². The van der Waals surface area contributed by atoms with E-state index in [4.69, 9.17) is 9.52 Å². The average Bonchev–Trinajstić information content (AvgIpc) is 2.79. The zero-order valence-corrected chi connectivity index (χ0v) is 9.62. The Bertz CT molecular complexity index is 476. The first kappa shape index (κ1) is 13.5. The largest absolute Gasteiger partial charge is 0.478 e. The van der Waals surface area contributed by atoms with Gasteiger partial charge < -0.3 is 19.6 Å². The molecule has 0 unspecified atom stereocenters. The minimum absolute atomic E-state index is 0.273. The number of carboxylic acids is 1. The number of hydrogen-bond acceptors (Lipinski definition) is 5. The Morgan fingerprint density at radius 2 is 2.33 bits per heavy atom. The zero-order valence-electron chi connectivity index (χ0n) is 9.62. The molecule has 0 bridgehead atoms. The lowest BCUT2D eigenvalue weighted by atomic mass is 10.4. The number of nitrogens with one attached hydrogen (secondary N) is 1. The van der Waals surface area contributed by atoms with Crippen molar-refractivity contribution in [3.63, 3.8) is 0 Å². The van der Waals surface area contributed by atoms with E-state index >= 15 is 0 Å². The molecule has 7 nitrogen and oxygen atoms in total. The van der Waals surface area contributed by atoms with Crippen molar-refractivity contribution >= 4 is 24.2 Å². The van der Waals surface area contributed by atoms with E-state index in [1.54, 1.807) is 12.2 Å². The van der Waals surface area contributed by atoms with Gasteiger partial charge in [0.05, 0.1) is 7.11 Å². The smallest absolute Gasteiger partial charge is 0.407 e. The van der Waals surface area contributed by atoms with Crippen LogP contribution in [0.25, 0.3) is 12.2 Å². The number of carbonyl (C=O) groups excluding carboxylic acids is 1. The van der Waals surface area contributed by atoms with Gasteiger partial charge in [-0.2, -0.15) is 0 Å². The predicted octanol–water partition coefficient (Wildman–Crippen LogP) is 1.14. The van der Waals surface area contributed by atoms with E-state index in [2.05, 4.69) is 15.0 Å². The van der Waals surface area contributed by atoms with Crippen LogP contribution in [0.15, 0.2) is 22.8 Å². The summed E-state index contributed by atoms with van der Waals surface area (Å²) in [5.41, 5.74) is 0.401. The molecule has 0 atom stereocenters. The number of ether oxygens (including phenoxy) is 1. The molecular weight excluding hydrogens is 240 g/mol. The van der Waals surface area contributed by atoms with Crippen LogP contribution in [0.4, 0.5) is 4.79 Å². The molecule has 1 heterocycles. The minimum Gasteiger partial charge on any atom is -0.478 e. The van der Waals surface area contributed by atoms with Gasteiger partial charge in [0.1, 0.15) is 12.0 Å². The Labute approximate surface area is 103 Å². The van der Waals surface area contributed by atoms with E-state index in [1.165, 1.54) is 19.4 Å². The maximum Gasteiger partial charge on any atom is 0.407 e. The lowest BCUT2D eigenvalue weighted by molar-refractivity contribution is -0.131. The Balaban J connectivity index is 2.46. The van der Waals surface area contributed by atoms with Gasteiger partial charge in [-0.15, -0.1) is 0 Å². The zero-order chi connectivity index (χ0) is 13.4. The second kappa shape index (κ2) is 6.89. The molecule has 0 aliphatic rings. The summed E-state index contributed by atoms with van der Waals surface area (Å²) < 4.78 is 9.42. The summed E-state index contributed by atoms with van der Waals surface area (Å²) in [6.45, 7) is 0.273. The fraction of sp³-hybridized carbons (Fsp3) is 0.182. The number of aromatic nitrogens is 1. The maximum absolute atomic E-state index is 10.7. The summed E-state index contributed by atoms with van der Waals surface area (Å²) in [6.07, 6.45) is 6.24. The van der Waals surface area contributed by atoms with Crippen molar-refractivity contribution < 1.29 is 23.8 Å². The van der Waals surface area contributed by atoms with Crippen molar-refractivity contribution in [1.82, 2.24) is 10.3 Å². The summed E-state index contributed by atoms with van der Waals surface area (Å²) in [4.78, 5) is 24.9. The Morgan fingerprint density at radius 3 is 3.00 bits per heavy atom. The SMILES string of the molecule is COC(=O)NC/C=C\c1nc(/C=C/C(=O)O)co1. The molecule has 7 heteroatoms. The molecule has 0 aromatic carbocycles. The number of carboxylic acid groups (broad SMARTS) is 1. The first-order chi connectivity index (χ1) is 8.61. The highest BCUT2D eigenvalue weighted by Crippen LogP contribution is 2.05. The third kappa shape index (κ3) is 4.97. The fourth-order valence-corrected chi connectivity index (χ4v) is 0.985. The number of nitrogens with zero attached hydrogens (tertiary/aromatic N) is 1. The first-order valence-corrected chi connectivity index (χ1v) is 4.96. The summed E-state index contributed by atoms with van der Waals surface area (Å²) in [6, 6.07) is 0. The molecular formula is C11H12N2O5. The summed E-state index contributed by atoms with van der Waals surface area (Å²) in [7, 11) is 1.27. The van der Waals surface area contributed by atoms with Crippen LogP contribution in [0.5, 0.6) is 0 Å². The molecule has 96 valence electrons. The number of methoxy groups -OCH3 is 1. The molecule has 1 rings (SSSR count). The highest BCUT2D eigenvalue weighted by molar-refractivity contribution is 5.84. The normalized spacial score (nSPS) is 10.9. The lowest BCUT2D eigenvalue weighted by Gasteiger charge is -1.97. The van der Waals surface area contributed by atoms with Crippen LogP contribution < -0.4 is 5.32 Å². The highest BCUT2D eigenvalue weighted by atomic mass is 16.5. The van der Waals surface area contributed by atoms with E-state index < -0.39 is 12.1 Å². The molecule has 2 N–H and O–H groups in total. The Kier molecular flexibility index (Phi) is 5.17. The van der Waals surface area contributed by atoms with Crippen LogP contribution in [0.3, 0.4) is 0 Å². The van der Waals surface area contributed by atoms with Gasteiger partial charge in [-0.05, 0) is 12.2 Å². The van der Waals surface area contributed by atoms with Crippen LogP contribution in [0, 0.1) is 0 Å². The van der Waals surface area contributed by atoms with Crippen molar-refractivity contribution in [2.45, 2.75) is 0 Å². The van der Waals surface area contributed by atoms with Crippen molar-refractivity contribution in [3.8, 4) is 0 Å². The summed E-state index contributed by atoms with van der Waals surface area (Å²) in [5.74, 6) is -0.746. The van der Waals surface area contributed by atoms with Gasteiger partial charge in [-0.1, -0.05) is 6.08 Å². The first-order valence-electron chi connectivity index (χ1n) is 4.96. The van der Waals surface area contributed by atoms with Crippen molar-refractivity contribution in [2.75, 3.05) is 13.7 Å². The van der Waals surface area contributed by atoms with Gasteiger partial charge in [0.25, 0.3) is 0 Å². The third-order valence-corrected chi connectivity index (χ3v) is 1.75. The molecule has 0 spiro atoms. The van der Waals surface area contributed by atoms with E-state index in [1.807, 2.05) is 0 Å². The van der Waals surface area contributed by atoms with Crippen molar-refractivity contribution in [2.24, 2.45) is 0 Å². The van der Waals surface area contributed by atoms with Crippen LogP contribution in [0.2, 0.25) is 0 Å². The standard InChI is InChI=1S/C11H12N2O5/c1-17-11(16)12-6-2-3-9-13-8(7-18-9)4-5-10(14)15/h2-5,7H,6H2,1H3,(H,12,16)(H,14,15)/b3-2-,5-4+. The second-order valence-corrected chi connectivity index (χ2v) is 3.06. The predicted molar refractivity (Wildman–Crippen MR) is 62.6 cm³/mol. The Hall–Kier alpha value is -2.57. The molecule has 18 heavy (non-hydrogen) atoms. The highest BCUT2D eigenvalue weighted by Gasteiger charge is 1.98. The number of aliphatic carboxylic acids is 1. The van der Waals surface area contributed by atoms with Gasteiger partial charge in [-0.25, -0.2) is 14.6 Å². The van der Waals surface area contributed by atoms with Gasteiger partial charge in [0, 0.05) is 12.6 Å². The van der Waals surface area contributed by atoms with Gasteiger partial charge >= 0.3 is 12.1 Å². The molecule has 0 saturated carbocycles. The van der Waals surface area contributed by atoms with Gasteiger partial charge in [0.15, 0.2) is 0 Å². The van der Waals surface area contributed by atoms with Gasteiger partial charge in [-0.3, -0.25) is 0 Å². The molecule has 0 radical (unpaired) electrons. The second-order valence-electron chi connectivity index (χ2n) is 3.06. The number of rotatable bonds is 5. The van der Waals surface area contributed by atoms with E-state index in [9.17, 15) is 9.59 Å². The van der Waals surface area contributed by atoms with E-state index in [-0.39, 0.29) is 6.54 Å². The Morgan fingerprint density at radius 1 is 1.56 bits per heavy atom. The quantitative estimate of drug-likeness (QED) is 0.762. The van der Waals surface area contributed by atoms with E-state index in [0.29, 0.717) is 11.6 Å². The molecule has 0 saturated heterocycles. The molecule has 1 aromatic rings. The number of amides is 1. The van der Waals surface area contributed by atoms with Crippen molar-refractivity contribution in [3.05, 3.63) is 30.0 Å². The van der Waals surface area contributed by atoms with Crippen LogP contribution >= 0.6 is 0 Å². The molecule has 1 aromatic heterocycles. The molecule has 0 aliphatic heterocycles. The third-order valence-electron chi connectivity index (χ3n) is 1.75. The minimum atomic E-state index is -1.06. The van der Waals surface area contributed by atoms with E-state index in [0.717, 1.165) is 6.08 Å². The van der Waals surface area contributed by atoms with Crippen molar-refractivity contribution in [1.29, 1.82) is 0 Å². The van der Waals surface area contributed by atoms with Crippen LogP contribution in [-0.4, -0.2) is 35.8 Å². The maximum atomic E-state index is 10.7. The average molecular weight is 252 g/mol. The van der Waals surface area contributed by atoms with Crippen LogP contribution in [0.1, 0.15) is 11.6 Å². The fourth-order valence-electron chi connectivity index (χ4n) is 0.985. The lowest BCUT2D eigenvalue weighted by Crippen LogP contribution is -2.22. The monoisotopic (exact) mass is 252 g/mol. The summed E-state index contributed by atoms with van der Waals surface area (Å²) >= 11 is 0. The molecule has 1 amide bonds. The number of alkyl carbamates (subject to hydrolysis) is 1. The number of hydrogen-bond donors (Lipinski definition) is 2. The van der Waals surface area contributed by atoms with Gasteiger partial charge in [0.2, 0.25) is 5.89 Å². The molecule has 0 fully saturated rings. The number of carbonyl (C=O) groups is 2. The number of oxazole rings is 1.